The van der Waals surface area contributed by atoms with Crippen LogP contribution in [0.15, 0.2) is 0 Å². The quantitative estimate of drug-likeness (QED) is 0.535. The summed E-state index contributed by atoms with van der Waals surface area (Å²) in [6.45, 7) is 1.32. The maximum Gasteiger partial charge on any atom is 0.118 e. The van der Waals surface area contributed by atoms with E-state index in [1.165, 1.54) is 0 Å². The Hall–Kier alpha value is -0.150. The molecule has 0 unspecified atom stereocenters. The lowest BCUT2D eigenvalue weighted by molar-refractivity contribution is -0.00893. The van der Waals surface area contributed by atoms with Crippen molar-refractivity contribution in [2.24, 2.45) is 0 Å². The van der Waals surface area contributed by atoms with Gasteiger partial charge in [0.2, 0.25) is 0 Å². The Morgan fingerprint density at radius 3 is 3.00 bits per heavy atom. The third-order valence-corrected chi connectivity index (χ3v) is 2.29. The molecule has 3 atom stereocenters. The molecule has 0 aromatic heterocycles. The summed E-state index contributed by atoms with van der Waals surface area (Å²) in [7, 11) is 0. The summed E-state index contributed by atoms with van der Waals surface area (Å²) in [5.41, 5.74) is 0. The van der Waals surface area contributed by atoms with Gasteiger partial charge in [0, 0.05) is 6.04 Å². The Bertz CT molecular complexity index is 129. The summed E-state index contributed by atoms with van der Waals surface area (Å²) in [5.74, 6) is 0. The van der Waals surface area contributed by atoms with E-state index < -0.39 is 6.17 Å². The molecule has 2 heterocycles. The summed E-state index contributed by atoms with van der Waals surface area (Å²) in [6.07, 6.45) is 0.958. The number of hydrogen-bond donors (Lipinski definition) is 1. The Labute approximate surface area is 59.7 Å². The van der Waals surface area contributed by atoms with Crippen LogP contribution in [-0.4, -0.2) is 31.5 Å². The molecule has 0 spiro atoms. The van der Waals surface area contributed by atoms with E-state index in [0.29, 0.717) is 19.1 Å². The van der Waals surface area contributed by atoms with Crippen molar-refractivity contribution in [3.05, 3.63) is 0 Å². The number of morpholine rings is 1. The van der Waals surface area contributed by atoms with Gasteiger partial charge in [0.05, 0.1) is 19.3 Å². The molecule has 2 rings (SSSR count). The standard InChI is InChI=1S/C7H12FNO/c8-6-2-1-5-3-10-4-7(6)9-5/h5-7,9H,1-4H2/t5-,6-,7-/m0/s1. The molecule has 2 nitrogen and oxygen atoms in total. The first-order valence-corrected chi connectivity index (χ1v) is 3.84. The van der Waals surface area contributed by atoms with Crippen LogP contribution in [0.5, 0.6) is 0 Å². The molecule has 0 amide bonds. The number of hydrogen-bond acceptors (Lipinski definition) is 2. The molecule has 1 N–H and O–H groups in total. The summed E-state index contributed by atoms with van der Waals surface area (Å²) < 4.78 is 18.1. The second-order valence-electron chi connectivity index (χ2n) is 3.10. The number of piperidine rings is 1. The largest absolute Gasteiger partial charge is 0.378 e. The van der Waals surface area contributed by atoms with Crippen molar-refractivity contribution in [3.63, 3.8) is 0 Å². The van der Waals surface area contributed by atoms with E-state index in [9.17, 15) is 4.39 Å². The van der Waals surface area contributed by atoms with Crippen LogP contribution in [0.2, 0.25) is 0 Å². The van der Waals surface area contributed by atoms with E-state index >= 15 is 0 Å². The van der Waals surface area contributed by atoms with Gasteiger partial charge in [0.1, 0.15) is 6.17 Å². The maximum absolute atomic E-state index is 12.9. The highest BCUT2D eigenvalue weighted by Crippen LogP contribution is 2.20. The fraction of sp³-hybridized carbons (Fsp3) is 1.00. The predicted molar refractivity (Wildman–Crippen MR) is 35.7 cm³/mol. The van der Waals surface area contributed by atoms with Crippen molar-refractivity contribution in [2.45, 2.75) is 31.1 Å². The zero-order chi connectivity index (χ0) is 6.97. The molecule has 0 radical (unpaired) electrons. The first-order chi connectivity index (χ1) is 4.86. The smallest absolute Gasteiger partial charge is 0.118 e. The Morgan fingerprint density at radius 1 is 1.30 bits per heavy atom. The Morgan fingerprint density at radius 2 is 2.20 bits per heavy atom. The van der Waals surface area contributed by atoms with E-state index in [0.717, 1.165) is 13.0 Å². The van der Waals surface area contributed by atoms with Crippen molar-refractivity contribution < 1.29 is 9.13 Å². The minimum absolute atomic E-state index is 0.0208. The zero-order valence-corrected chi connectivity index (χ0v) is 5.85. The maximum atomic E-state index is 12.9. The van der Waals surface area contributed by atoms with Gasteiger partial charge < -0.3 is 10.1 Å². The third-order valence-electron chi connectivity index (χ3n) is 2.29. The van der Waals surface area contributed by atoms with Gasteiger partial charge in [-0.25, -0.2) is 4.39 Å². The SMILES string of the molecule is F[C@H]1CC[C@H]2COC[C@@H]1N2. The molecule has 0 aromatic carbocycles. The molecular formula is C7H12FNO. The number of alkyl halides is 1. The van der Waals surface area contributed by atoms with Gasteiger partial charge in [-0.3, -0.25) is 0 Å². The fourth-order valence-corrected chi connectivity index (χ4v) is 1.67. The van der Waals surface area contributed by atoms with Crippen molar-refractivity contribution in [1.82, 2.24) is 5.32 Å². The minimum atomic E-state index is -0.684. The highest BCUT2D eigenvalue weighted by Gasteiger charge is 2.33. The lowest BCUT2D eigenvalue weighted by atomic mass is 9.96. The molecular weight excluding hydrogens is 133 g/mol. The molecule has 10 heavy (non-hydrogen) atoms. The lowest BCUT2D eigenvalue weighted by Crippen LogP contribution is -2.56. The van der Waals surface area contributed by atoms with Crippen LogP contribution in [0.1, 0.15) is 12.8 Å². The van der Waals surface area contributed by atoms with Crippen LogP contribution < -0.4 is 5.32 Å². The molecule has 0 aromatic rings. The van der Waals surface area contributed by atoms with Gasteiger partial charge >= 0.3 is 0 Å². The van der Waals surface area contributed by atoms with E-state index in [4.69, 9.17) is 4.74 Å². The molecule has 0 saturated carbocycles. The average molecular weight is 145 g/mol. The number of halogens is 1. The zero-order valence-electron chi connectivity index (χ0n) is 5.85. The Balaban J connectivity index is 2.00. The fourth-order valence-electron chi connectivity index (χ4n) is 1.67. The predicted octanol–water partition coefficient (Wildman–Crippen LogP) is 0.475. The van der Waals surface area contributed by atoms with E-state index in [1.54, 1.807) is 0 Å². The average Bonchev–Trinajstić information content (AvgIpc) is 1.99. The Kier molecular flexibility index (Phi) is 1.62. The van der Waals surface area contributed by atoms with Crippen molar-refractivity contribution in [1.29, 1.82) is 0 Å². The van der Waals surface area contributed by atoms with Gasteiger partial charge in [-0.05, 0) is 12.8 Å². The second kappa shape index (κ2) is 2.47. The summed E-state index contributed by atoms with van der Waals surface area (Å²) >= 11 is 0. The summed E-state index contributed by atoms with van der Waals surface area (Å²) in [5, 5.41) is 3.20. The molecule has 0 aliphatic carbocycles. The van der Waals surface area contributed by atoms with Crippen LogP contribution in [0.4, 0.5) is 4.39 Å². The molecule has 3 heteroatoms. The second-order valence-corrected chi connectivity index (χ2v) is 3.10. The van der Waals surface area contributed by atoms with Crippen LogP contribution in [0.25, 0.3) is 0 Å². The molecule has 2 bridgehead atoms. The summed E-state index contributed by atoms with van der Waals surface area (Å²) in [6, 6.07) is 0.401. The first kappa shape index (κ1) is 6.55. The van der Waals surface area contributed by atoms with Gasteiger partial charge in [-0.1, -0.05) is 0 Å². The topological polar surface area (TPSA) is 21.3 Å². The van der Waals surface area contributed by atoms with Crippen LogP contribution in [0, 0.1) is 0 Å². The first-order valence-electron chi connectivity index (χ1n) is 3.84. The third kappa shape index (κ3) is 1.04. The van der Waals surface area contributed by atoms with Crippen molar-refractivity contribution in [2.75, 3.05) is 13.2 Å². The van der Waals surface area contributed by atoms with Crippen molar-refractivity contribution >= 4 is 0 Å². The monoisotopic (exact) mass is 145 g/mol. The molecule has 2 aliphatic rings. The molecule has 58 valence electrons. The summed E-state index contributed by atoms with van der Waals surface area (Å²) in [4.78, 5) is 0. The van der Waals surface area contributed by atoms with Crippen molar-refractivity contribution in [3.8, 4) is 0 Å². The van der Waals surface area contributed by atoms with E-state index in [1.807, 2.05) is 0 Å². The van der Waals surface area contributed by atoms with Gasteiger partial charge in [-0.2, -0.15) is 0 Å². The molecule has 2 fully saturated rings. The van der Waals surface area contributed by atoms with E-state index in [2.05, 4.69) is 5.32 Å². The number of nitrogens with one attached hydrogen (secondary N) is 1. The normalized spacial score (nSPS) is 47.1. The van der Waals surface area contributed by atoms with Gasteiger partial charge in [0.15, 0.2) is 0 Å². The molecule has 2 saturated heterocycles. The molecule has 2 aliphatic heterocycles. The van der Waals surface area contributed by atoms with E-state index in [-0.39, 0.29) is 6.04 Å². The van der Waals surface area contributed by atoms with Crippen LogP contribution in [-0.2, 0) is 4.74 Å². The highest BCUT2D eigenvalue weighted by atomic mass is 19.1. The van der Waals surface area contributed by atoms with Crippen LogP contribution in [0.3, 0.4) is 0 Å². The minimum Gasteiger partial charge on any atom is -0.378 e. The van der Waals surface area contributed by atoms with Gasteiger partial charge in [0.25, 0.3) is 0 Å². The number of ether oxygens (including phenoxy) is 1. The highest BCUT2D eigenvalue weighted by molar-refractivity contribution is 4.89. The van der Waals surface area contributed by atoms with Crippen LogP contribution >= 0.6 is 0 Å². The number of fused-ring (bicyclic) bond motifs is 2. The van der Waals surface area contributed by atoms with Gasteiger partial charge in [-0.15, -0.1) is 0 Å². The lowest BCUT2D eigenvalue weighted by Gasteiger charge is -2.37. The number of rotatable bonds is 0.